The van der Waals surface area contributed by atoms with Crippen molar-refractivity contribution in [3.05, 3.63) is 42.5 Å². The van der Waals surface area contributed by atoms with E-state index < -0.39 is 0 Å². The Morgan fingerprint density at radius 3 is 2.25 bits per heavy atom. The molecule has 0 aromatic heterocycles. The average Bonchev–Trinajstić information content (AvgIpc) is 2.47. The molecule has 1 aromatic rings. The van der Waals surface area contributed by atoms with Crippen molar-refractivity contribution in [2.75, 3.05) is 0 Å². The summed E-state index contributed by atoms with van der Waals surface area (Å²) in [7, 11) is 0. The maximum atomic E-state index is 11.8. The lowest BCUT2D eigenvalue weighted by Gasteiger charge is -2.06. The lowest BCUT2D eigenvalue weighted by molar-refractivity contribution is -0.130. The van der Waals surface area contributed by atoms with E-state index in [-0.39, 0.29) is 5.97 Å². The zero-order chi connectivity index (χ0) is 14.6. The third kappa shape index (κ3) is 7.13. The normalized spacial score (nSPS) is 10.2. The van der Waals surface area contributed by atoms with Gasteiger partial charge >= 0.3 is 5.97 Å². The molecule has 0 spiro atoms. The minimum absolute atomic E-state index is 0.304. The third-order valence-corrected chi connectivity index (χ3v) is 3.32. The largest absolute Gasteiger partial charge is 0.423 e. The summed E-state index contributed by atoms with van der Waals surface area (Å²) in [6.07, 6.45) is 9.41. The van der Waals surface area contributed by atoms with Crippen LogP contribution < -0.4 is 4.74 Å². The molecule has 2 heteroatoms. The summed E-state index contributed by atoms with van der Waals surface area (Å²) in [6, 6.07) is 9.14. The molecule has 1 aromatic carbocycles. The van der Waals surface area contributed by atoms with Crippen LogP contribution in [0.15, 0.2) is 42.5 Å². The fourth-order valence-electron chi connectivity index (χ4n) is 2.07. The van der Waals surface area contributed by atoms with Gasteiger partial charge in [0.2, 0.25) is 0 Å². The Balaban J connectivity index is 2.11. The van der Waals surface area contributed by atoms with Crippen LogP contribution in [0.25, 0.3) is 0 Å². The molecule has 0 saturated carbocycles. The van der Waals surface area contributed by atoms with Gasteiger partial charge in [0, 0.05) is 5.57 Å². The SMILES string of the molecule is C=C(CCCCCCCCC)C(=O)Oc1ccccc1. The highest BCUT2D eigenvalue weighted by molar-refractivity contribution is 5.89. The lowest BCUT2D eigenvalue weighted by Crippen LogP contribution is -2.10. The number of esters is 1. The second kappa shape index (κ2) is 10.2. The highest BCUT2D eigenvalue weighted by Crippen LogP contribution is 2.15. The number of hydrogen-bond donors (Lipinski definition) is 0. The second-order valence-electron chi connectivity index (χ2n) is 5.18. The number of benzene rings is 1. The highest BCUT2D eigenvalue weighted by Gasteiger charge is 2.09. The molecule has 2 nitrogen and oxygen atoms in total. The number of ether oxygens (including phenoxy) is 1. The molecule has 110 valence electrons. The molecule has 0 N–H and O–H groups in total. The second-order valence-corrected chi connectivity index (χ2v) is 5.18. The molecule has 0 saturated heterocycles. The molecule has 0 amide bonds. The molecule has 20 heavy (non-hydrogen) atoms. The molecule has 0 radical (unpaired) electrons. The molecule has 0 aliphatic carbocycles. The average molecular weight is 274 g/mol. The number of hydrogen-bond acceptors (Lipinski definition) is 2. The summed E-state index contributed by atoms with van der Waals surface area (Å²) in [5, 5.41) is 0. The van der Waals surface area contributed by atoms with Crippen molar-refractivity contribution in [1.29, 1.82) is 0 Å². The first-order valence-electron chi connectivity index (χ1n) is 7.69. The van der Waals surface area contributed by atoms with Crippen molar-refractivity contribution < 1.29 is 9.53 Å². The van der Waals surface area contributed by atoms with Crippen molar-refractivity contribution in [2.24, 2.45) is 0 Å². The van der Waals surface area contributed by atoms with Gasteiger partial charge in [-0.25, -0.2) is 4.79 Å². The Hall–Kier alpha value is -1.57. The highest BCUT2D eigenvalue weighted by atomic mass is 16.5. The first kappa shape index (κ1) is 16.5. The van der Waals surface area contributed by atoms with Gasteiger partial charge in [-0.2, -0.15) is 0 Å². The van der Waals surface area contributed by atoms with E-state index in [1.54, 1.807) is 12.1 Å². The Labute approximate surface area is 122 Å². The molecule has 1 rings (SSSR count). The van der Waals surface area contributed by atoms with Gasteiger partial charge in [0.1, 0.15) is 5.75 Å². The molecule has 0 fully saturated rings. The van der Waals surface area contributed by atoms with Crippen LogP contribution in [0, 0.1) is 0 Å². The summed E-state index contributed by atoms with van der Waals surface area (Å²) in [6.45, 7) is 6.05. The maximum absolute atomic E-state index is 11.8. The van der Waals surface area contributed by atoms with Crippen molar-refractivity contribution in [3.63, 3.8) is 0 Å². The number of carbonyl (C=O) groups is 1. The maximum Gasteiger partial charge on any atom is 0.338 e. The summed E-state index contributed by atoms with van der Waals surface area (Å²) in [5.41, 5.74) is 0.572. The van der Waals surface area contributed by atoms with Gasteiger partial charge in [-0.3, -0.25) is 0 Å². The molecule has 0 aliphatic rings. The Morgan fingerprint density at radius 2 is 1.60 bits per heavy atom. The molecule has 0 atom stereocenters. The fourth-order valence-corrected chi connectivity index (χ4v) is 2.07. The van der Waals surface area contributed by atoms with Crippen LogP contribution in [0.1, 0.15) is 58.3 Å². The van der Waals surface area contributed by atoms with E-state index in [4.69, 9.17) is 4.74 Å². The van der Waals surface area contributed by atoms with E-state index in [0.717, 1.165) is 12.8 Å². The van der Waals surface area contributed by atoms with Gasteiger partial charge in [-0.1, -0.05) is 70.2 Å². The van der Waals surface area contributed by atoms with Gasteiger partial charge in [-0.05, 0) is 25.0 Å². The van der Waals surface area contributed by atoms with E-state index in [2.05, 4.69) is 13.5 Å². The Bertz CT molecular complexity index is 395. The van der Waals surface area contributed by atoms with Gasteiger partial charge in [0.25, 0.3) is 0 Å². The van der Waals surface area contributed by atoms with Crippen molar-refractivity contribution in [2.45, 2.75) is 58.3 Å². The minimum atomic E-state index is -0.304. The van der Waals surface area contributed by atoms with Gasteiger partial charge in [-0.15, -0.1) is 0 Å². The first-order chi connectivity index (χ1) is 9.74. The Morgan fingerprint density at radius 1 is 1.00 bits per heavy atom. The summed E-state index contributed by atoms with van der Waals surface area (Å²) in [4.78, 5) is 11.8. The minimum Gasteiger partial charge on any atom is -0.423 e. The van der Waals surface area contributed by atoms with Gasteiger partial charge < -0.3 is 4.74 Å². The molecule has 0 unspecified atom stereocenters. The van der Waals surface area contributed by atoms with Crippen molar-refractivity contribution in [1.82, 2.24) is 0 Å². The zero-order valence-corrected chi connectivity index (χ0v) is 12.6. The number of carbonyl (C=O) groups excluding carboxylic acids is 1. The molecule has 0 aliphatic heterocycles. The lowest BCUT2D eigenvalue weighted by atomic mass is 10.1. The zero-order valence-electron chi connectivity index (χ0n) is 12.6. The predicted molar refractivity (Wildman–Crippen MR) is 83.8 cm³/mol. The van der Waals surface area contributed by atoms with Crippen LogP contribution in [0.3, 0.4) is 0 Å². The van der Waals surface area contributed by atoms with E-state index >= 15 is 0 Å². The molecular formula is C18H26O2. The quantitative estimate of drug-likeness (QED) is 0.251. The van der Waals surface area contributed by atoms with E-state index in [0.29, 0.717) is 11.3 Å². The van der Waals surface area contributed by atoms with Crippen LogP contribution >= 0.6 is 0 Å². The fraction of sp³-hybridized carbons (Fsp3) is 0.500. The summed E-state index contributed by atoms with van der Waals surface area (Å²) in [5.74, 6) is 0.278. The topological polar surface area (TPSA) is 26.3 Å². The van der Waals surface area contributed by atoms with E-state index in [1.807, 2.05) is 18.2 Å². The van der Waals surface area contributed by atoms with E-state index in [1.165, 1.54) is 38.5 Å². The van der Waals surface area contributed by atoms with Crippen LogP contribution in [0.2, 0.25) is 0 Å². The summed E-state index contributed by atoms with van der Waals surface area (Å²) < 4.78 is 5.25. The Kier molecular flexibility index (Phi) is 8.44. The van der Waals surface area contributed by atoms with Crippen LogP contribution in [-0.4, -0.2) is 5.97 Å². The summed E-state index contributed by atoms with van der Waals surface area (Å²) >= 11 is 0. The van der Waals surface area contributed by atoms with Crippen molar-refractivity contribution in [3.8, 4) is 5.75 Å². The van der Waals surface area contributed by atoms with Crippen LogP contribution in [0.5, 0.6) is 5.75 Å². The molecular weight excluding hydrogens is 248 g/mol. The third-order valence-electron chi connectivity index (χ3n) is 3.32. The number of rotatable bonds is 10. The van der Waals surface area contributed by atoms with Crippen LogP contribution in [0.4, 0.5) is 0 Å². The van der Waals surface area contributed by atoms with Gasteiger partial charge in [0.15, 0.2) is 0 Å². The first-order valence-corrected chi connectivity index (χ1v) is 7.69. The van der Waals surface area contributed by atoms with E-state index in [9.17, 15) is 4.79 Å². The smallest absolute Gasteiger partial charge is 0.338 e. The standard InChI is InChI=1S/C18H26O2/c1-3-4-5-6-7-8-10-13-16(2)18(19)20-17-14-11-9-12-15-17/h9,11-12,14-15H,2-8,10,13H2,1H3. The predicted octanol–water partition coefficient (Wildman–Crippen LogP) is 5.29. The van der Waals surface area contributed by atoms with Crippen molar-refractivity contribution >= 4 is 5.97 Å². The number of para-hydroxylation sites is 1. The monoisotopic (exact) mass is 274 g/mol. The molecule has 0 bridgehead atoms. The molecule has 0 heterocycles. The van der Waals surface area contributed by atoms with Crippen LogP contribution in [-0.2, 0) is 4.79 Å². The van der Waals surface area contributed by atoms with Gasteiger partial charge in [0.05, 0.1) is 0 Å². The number of unbranched alkanes of at least 4 members (excludes halogenated alkanes) is 6.